The zero-order valence-corrected chi connectivity index (χ0v) is 31.4. The third-order valence-electron chi connectivity index (χ3n) is 9.98. The minimum Gasteiger partial charge on any atom is -0.486 e. The van der Waals surface area contributed by atoms with Crippen molar-refractivity contribution in [2.75, 3.05) is 42.9 Å². The average molecular weight is 733 g/mol. The first-order valence-electron chi connectivity index (χ1n) is 18.6. The Morgan fingerprint density at radius 1 is 1.04 bits per heavy atom. The fourth-order valence-electron chi connectivity index (χ4n) is 6.98. The molecule has 3 N–H and O–H groups in total. The number of piperidine rings is 2. The number of hydrogen-bond acceptors (Lipinski definition) is 12. The Hall–Kier alpha value is -4.92. The van der Waals surface area contributed by atoms with E-state index in [0.717, 1.165) is 62.0 Å². The summed E-state index contributed by atoms with van der Waals surface area (Å²) in [4.78, 5) is 58.1. The summed E-state index contributed by atoms with van der Waals surface area (Å²) in [7, 11) is 0. The van der Waals surface area contributed by atoms with Crippen molar-refractivity contribution in [2.24, 2.45) is 0 Å². The number of aliphatic hydroxyl groups is 1. The maximum Gasteiger partial charge on any atom is 0.410 e. The zero-order chi connectivity index (χ0) is 37.7. The van der Waals surface area contributed by atoms with E-state index in [1.807, 2.05) is 30.0 Å². The van der Waals surface area contributed by atoms with E-state index < -0.39 is 29.7 Å². The molecule has 53 heavy (non-hydrogen) atoms. The number of carbonyl (C=O) groups is 3. The van der Waals surface area contributed by atoms with Crippen LogP contribution in [0.4, 0.5) is 16.6 Å². The van der Waals surface area contributed by atoms with Crippen LogP contribution in [0.1, 0.15) is 92.9 Å². The van der Waals surface area contributed by atoms with Gasteiger partial charge in [0.2, 0.25) is 11.9 Å². The van der Waals surface area contributed by atoms with Gasteiger partial charge in [-0.25, -0.2) is 14.8 Å². The van der Waals surface area contributed by atoms with Gasteiger partial charge in [0.15, 0.2) is 12.2 Å². The molecule has 2 atom stereocenters. The van der Waals surface area contributed by atoms with Crippen molar-refractivity contribution in [3.8, 4) is 5.75 Å². The molecule has 3 aromatic rings. The first-order valence-corrected chi connectivity index (χ1v) is 18.6. The molecule has 1 aromatic carbocycles. The SMILES string of the molecule is CC(=O)N1CCC(Nc2cc(C(=O)NC[C@@H](O)[C@@H]3Cc4ccc(OCc5ocnc5C)cc4CN3C(=O)OC(C)(C)C)nc(N3CCCCC3)n2)CC1. The molecule has 2 aromatic heterocycles. The molecule has 0 aliphatic carbocycles. The first kappa shape index (κ1) is 37.8. The highest BCUT2D eigenvalue weighted by Gasteiger charge is 2.37. The second-order valence-electron chi connectivity index (χ2n) is 15.1. The molecular weight excluding hydrogens is 680 g/mol. The summed E-state index contributed by atoms with van der Waals surface area (Å²) in [6.45, 7) is 12.0. The van der Waals surface area contributed by atoms with Gasteiger partial charge >= 0.3 is 6.09 Å². The van der Waals surface area contributed by atoms with Gasteiger partial charge in [0.1, 0.15) is 29.5 Å². The molecule has 5 heterocycles. The number of carbonyl (C=O) groups excluding carboxylic acids is 3. The molecule has 2 fully saturated rings. The summed E-state index contributed by atoms with van der Waals surface area (Å²) < 4.78 is 17.1. The molecule has 0 unspecified atom stereocenters. The van der Waals surface area contributed by atoms with Crippen molar-refractivity contribution in [1.82, 2.24) is 30.1 Å². The van der Waals surface area contributed by atoms with Crippen LogP contribution in [-0.4, -0.2) is 104 Å². The van der Waals surface area contributed by atoms with Gasteiger partial charge in [0, 0.05) is 58.3 Å². The Morgan fingerprint density at radius 3 is 2.47 bits per heavy atom. The van der Waals surface area contributed by atoms with Crippen molar-refractivity contribution >= 4 is 29.7 Å². The van der Waals surface area contributed by atoms with Crippen molar-refractivity contribution in [2.45, 2.75) is 110 Å². The minimum atomic E-state index is -1.11. The zero-order valence-electron chi connectivity index (χ0n) is 31.4. The molecule has 3 amide bonds. The number of amides is 3. The highest BCUT2D eigenvalue weighted by atomic mass is 16.6. The lowest BCUT2D eigenvalue weighted by atomic mass is 9.91. The predicted molar refractivity (Wildman–Crippen MR) is 197 cm³/mol. The number of aliphatic hydroxyl groups excluding tert-OH is 1. The molecule has 0 radical (unpaired) electrons. The van der Waals surface area contributed by atoms with Gasteiger partial charge in [0.25, 0.3) is 5.91 Å². The summed E-state index contributed by atoms with van der Waals surface area (Å²) in [5.41, 5.74) is 2.01. The third-order valence-corrected chi connectivity index (χ3v) is 9.98. The van der Waals surface area contributed by atoms with Crippen molar-refractivity contribution in [1.29, 1.82) is 0 Å². The lowest BCUT2D eigenvalue weighted by Gasteiger charge is -2.40. The molecular formula is C38H52N8O7. The molecule has 3 aliphatic heterocycles. The second kappa shape index (κ2) is 16.4. The van der Waals surface area contributed by atoms with Gasteiger partial charge < -0.3 is 39.4 Å². The molecule has 286 valence electrons. The maximum absolute atomic E-state index is 13.7. The number of aryl methyl sites for hydroxylation is 1. The van der Waals surface area contributed by atoms with Crippen LogP contribution in [0.5, 0.6) is 5.75 Å². The standard InChI is InChI=1S/C38H52N8O7/c1-24-33(52-23-40-24)22-51-29-10-9-26-18-31(46(21-27(26)17-29)37(50)53-38(3,4)5)32(48)20-39-35(49)30-19-34(41-28-11-15-44(16-12-28)25(2)47)43-36(42-30)45-13-7-6-8-14-45/h9-10,17,19,23,28,31-32,48H,6-8,11-16,18,20-22H2,1-5H3,(H,39,49)(H,41,42,43)/t31-,32+/m0/s1. The van der Waals surface area contributed by atoms with Gasteiger partial charge in [-0.15, -0.1) is 0 Å². The molecule has 0 saturated carbocycles. The largest absolute Gasteiger partial charge is 0.486 e. The normalized spacial score (nSPS) is 18.6. The minimum absolute atomic E-state index is 0.0691. The average Bonchev–Trinajstić information content (AvgIpc) is 3.56. The van der Waals surface area contributed by atoms with Crippen LogP contribution in [-0.2, 0) is 29.1 Å². The Bertz CT molecular complexity index is 1760. The van der Waals surface area contributed by atoms with E-state index in [9.17, 15) is 19.5 Å². The van der Waals surface area contributed by atoms with Crippen molar-refractivity contribution in [3.63, 3.8) is 0 Å². The Kier molecular flexibility index (Phi) is 11.7. The van der Waals surface area contributed by atoms with Gasteiger partial charge in [0.05, 0.1) is 17.8 Å². The fraction of sp³-hybridized carbons (Fsp3) is 0.579. The summed E-state index contributed by atoms with van der Waals surface area (Å²) in [6, 6.07) is 6.74. The van der Waals surface area contributed by atoms with Crippen molar-refractivity contribution < 1.29 is 33.4 Å². The summed E-state index contributed by atoms with van der Waals surface area (Å²) in [5.74, 6) is 1.89. The number of rotatable bonds is 10. The fourth-order valence-corrected chi connectivity index (χ4v) is 6.98. The first-order chi connectivity index (χ1) is 25.3. The number of likely N-dealkylation sites (tertiary alicyclic amines) is 1. The lowest BCUT2D eigenvalue weighted by Crippen LogP contribution is -2.54. The number of aromatic nitrogens is 3. The van der Waals surface area contributed by atoms with E-state index in [2.05, 4.69) is 25.5 Å². The van der Waals surface area contributed by atoms with Crippen LogP contribution in [0.3, 0.4) is 0 Å². The number of oxazole rings is 1. The van der Waals surface area contributed by atoms with E-state index in [-0.39, 0.29) is 37.3 Å². The number of ether oxygens (including phenoxy) is 2. The van der Waals surface area contributed by atoms with Crippen molar-refractivity contribution in [3.05, 3.63) is 58.9 Å². The second-order valence-corrected chi connectivity index (χ2v) is 15.1. The van der Waals surface area contributed by atoms with Crippen LogP contribution in [0, 0.1) is 6.92 Å². The molecule has 15 nitrogen and oxygen atoms in total. The van der Waals surface area contributed by atoms with Gasteiger partial charge in [-0.2, -0.15) is 4.98 Å². The van der Waals surface area contributed by atoms with Gasteiger partial charge in [-0.3, -0.25) is 14.5 Å². The molecule has 15 heteroatoms. The Balaban J connectivity index is 1.16. The topological polar surface area (TPSA) is 175 Å². The quantitative estimate of drug-likeness (QED) is 0.271. The molecule has 2 saturated heterocycles. The monoisotopic (exact) mass is 732 g/mol. The molecule has 0 spiro atoms. The van der Waals surface area contributed by atoms with Crippen LogP contribution in [0.2, 0.25) is 0 Å². The predicted octanol–water partition coefficient (Wildman–Crippen LogP) is 4.22. The van der Waals surface area contributed by atoms with E-state index in [1.54, 1.807) is 33.8 Å². The summed E-state index contributed by atoms with van der Waals surface area (Å²) in [5, 5.41) is 17.9. The number of benzene rings is 1. The summed E-state index contributed by atoms with van der Waals surface area (Å²) >= 11 is 0. The highest BCUT2D eigenvalue weighted by Crippen LogP contribution is 2.30. The number of nitrogens with one attached hydrogen (secondary N) is 2. The van der Waals surface area contributed by atoms with E-state index >= 15 is 0 Å². The van der Waals surface area contributed by atoms with E-state index in [4.69, 9.17) is 18.9 Å². The third kappa shape index (κ3) is 9.75. The Morgan fingerprint density at radius 2 is 1.79 bits per heavy atom. The molecule has 0 bridgehead atoms. The molecule has 6 rings (SSSR count). The van der Waals surface area contributed by atoms with Gasteiger partial charge in [-0.1, -0.05) is 6.07 Å². The highest BCUT2D eigenvalue weighted by molar-refractivity contribution is 5.93. The van der Waals surface area contributed by atoms with Crippen LogP contribution < -0.4 is 20.3 Å². The van der Waals surface area contributed by atoms with Crippen LogP contribution in [0.25, 0.3) is 0 Å². The Labute approximate surface area is 310 Å². The number of nitrogens with zero attached hydrogens (tertiary/aromatic N) is 6. The smallest absolute Gasteiger partial charge is 0.410 e. The number of hydrogen-bond donors (Lipinski definition) is 3. The van der Waals surface area contributed by atoms with Crippen LogP contribution in [0.15, 0.2) is 35.1 Å². The number of fused-ring (bicyclic) bond motifs is 1. The van der Waals surface area contributed by atoms with Crippen LogP contribution >= 0.6 is 0 Å². The summed E-state index contributed by atoms with van der Waals surface area (Å²) in [6.07, 6.45) is 4.77. The van der Waals surface area contributed by atoms with E-state index in [0.29, 0.717) is 42.8 Å². The van der Waals surface area contributed by atoms with Gasteiger partial charge in [-0.05, 0) is 89.5 Å². The number of anilines is 2. The lowest BCUT2D eigenvalue weighted by molar-refractivity contribution is -0.129. The molecule has 3 aliphatic rings. The maximum atomic E-state index is 13.7. The van der Waals surface area contributed by atoms with E-state index in [1.165, 1.54) is 11.3 Å².